The van der Waals surface area contributed by atoms with Gasteiger partial charge in [-0.3, -0.25) is 0 Å². The summed E-state index contributed by atoms with van der Waals surface area (Å²) in [6.45, 7) is 13.6. The molecule has 0 aliphatic carbocycles. The van der Waals surface area contributed by atoms with Crippen molar-refractivity contribution in [1.82, 2.24) is 4.90 Å². The van der Waals surface area contributed by atoms with Crippen LogP contribution in [-0.4, -0.2) is 30.2 Å². The van der Waals surface area contributed by atoms with Crippen LogP contribution in [0.15, 0.2) is 23.8 Å². The summed E-state index contributed by atoms with van der Waals surface area (Å²) in [5.74, 6) is 0.00312. The number of carbonyl (C=O) groups excluding carboxylic acids is 1. The van der Waals surface area contributed by atoms with E-state index in [1.165, 1.54) is 4.90 Å². The molecule has 0 saturated heterocycles. The number of amides is 1. The lowest BCUT2D eigenvalue weighted by molar-refractivity contribution is 0.0284. The standard InChI is InChI=1S/C15H24N2O2/c1-8-13(9-16)12(3)11(2)10-17(7)14(18)19-15(4,5)6/h8,11H,3,10H2,1-2,4-7H3/b13-8-. The van der Waals surface area contributed by atoms with Crippen LogP contribution in [0.2, 0.25) is 0 Å². The average Bonchev–Trinajstić information content (AvgIpc) is 2.27. The lowest BCUT2D eigenvalue weighted by Crippen LogP contribution is -2.36. The van der Waals surface area contributed by atoms with Crippen molar-refractivity contribution in [3.05, 3.63) is 23.8 Å². The first-order chi connectivity index (χ1) is 8.62. The molecule has 0 fully saturated rings. The summed E-state index contributed by atoms with van der Waals surface area (Å²) in [7, 11) is 1.68. The molecule has 4 nitrogen and oxygen atoms in total. The van der Waals surface area contributed by atoms with Gasteiger partial charge in [0.1, 0.15) is 5.60 Å². The number of hydrogen-bond donors (Lipinski definition) is 0. The molecule has 0 saturated carbocycles. The molecule has 0 N–H and O–H groups in total. The molecule has 0 aromatic rings. The molecule has 0 aromatic heterocycles. The van der Waals surface area contributed by atoms with Crippen LogP contribution < -0.4 is 0 Å². The Balaban J connectivity index is 4.58. The predicted molar refractivity (Wildman–Crippen MR) is 76.5 cm³/mol. The smallest absolute Gasteiger partial charge is 0.410 e. The number of allylic oxidation sites excluding steroid dienone is 2. The summed E-state index contributed by atoms with van der Waals surface area (Å²) >= 11 is 0. The number of carbonyl (C=O) groups is 1. The number of nitriles is 1. The molecule has 106 valence electrons. The minimum atomic E-state index is -0.507. The van der Waals surface area contributed by atoms with E-state index >= 15 is 0 Å². The van der Waals surface area contributed by atoms with Crippen LogP contribution in [0.4, 0.5) is 4.79 Å². The van der Waals surface area contributed by atoms with Gasteiger partial charge in [-0.25, -0.2) is 4.79 Å². The van der Waals surface area contributed by atoms with E-state index < -0.39 is 5.60 Å². The van der Waals surface area contributed by atoms with Crippen molar-refractivity contribution in [3.8, 4) is 6.07 Å². The first-order valence-corrected chi connectivity index (χ1v) is 6.32. The number of hydrogen-bond acceptors (Lipinski definition) is 3. The van der Waals surface area contributed by atoms with Gasteiger partial charge < -0.3 is 9.64 Å². The molecule has 0 heterocycles. The van der Waals surface area contributed by atoms with Crippen molar-refractivity contribution in [2.75, 3.05) is 13.6 Å². The predicted octanol–water partition coefficient (Wildman–Crippen LogP) is 3.52. The Kier molecular flexibility index (Phi) is 6.34. The average molecular weight is 264 g/mol. The van der Waals surface area contributed by atoms with Crippen molar-refractivity contribution in [3.63, 3.8) is 0 Å². The van der Waals surface area contributed by atoms with Crippen molar-refractivity contribution >= 4 is 6.09 Å². The van der Waals surface area contributed by atoms with Gasteiger partial charge in [-0.1, -0.05) is 19.6 Å². The molecule has 0 radical (unpaired) electrons. The molecule has 1 atom stereocenters. The fraction of sp³-hybridized carbons (Fsp3) is 0.600. The molecule has 1 unspecified atom stereocenters. The van der Waals surface area contributed by atoms with Crippen LogP contribution in [0.5, 0.6) is 0 Å². The van der Waals surface area contributed by atoms with Crippen LogP contribution in [0, 0.1) is 17.2 Å². The van der Waals surface area contributed by atoms with Gasteiger partial charge in [0, 0.05) is 13.6 Å². The second-order valence-corrected chi connectivity index (χ2v) is 5.60. The topological polar surface area (TPSA) is 53.3 Å². The molecule has 0 bridgehead atoms. The zero-order chi connectivity index (χ0) is 15.2. The van der Waals surface area contributed by atoms with Crippen LogP contribution in [-0.2, 0) is 4.74 Å². The third kappa shape index (κ3) is 6.10. The van der Waals surface area contributed by atoms with Crippen LogP contribution in [0.1, 0.15) is 34.6 Å². The van der Waals surface area contributed by atoms with Crippen LogP contribution in [0.3, 0.4) is 0 Å². The third-order valence-corrected chi connectivity index (χ3v) is 2.60. The summed E-state index contributed by atoms with van der Waals surface area (Å²) in [6, 6.07) is 2.10. The first-order valence-electron chi connectivity index (χ1n) is 6.32. The SMILES string of the molecule is C=C(/C(C#N)=C\C)C(C)CN(C)C(=O)OC(C)(C)C. The Bertz CT molecular complexity index is 411. The number of ether oxygens (including phenoxy) is 1. The summed E-state index contributed by atoms with van der Waals surface area (Å²) in [5, 5.41) is 8.96. The first kappa shape index (κ1) is 17.2. The zero-order valence-electron chi connectivity index (χ0n) is 12.8. The van der Waals surface area contributed by atoms with Crippen molar-refractivity contribution in [2.45, 2.75) is 40.2 Å². The second kappa shape index (κ2) is 6.98. The van der Waals surface area contributed by atoms with Gasteiger partial charge in [0.05, 0.1) is 11.6 Å². The summed E-state index contributed by atoms with van der Waals surface area (Å²) in [6.07, 6.45) is 1.36. The Labute approximate surface area is 116 Å². The second-order valence-electron chi connectivity index (χ2n) is 5.60. The maximum absolute atomic E-state index is 11.8. The van der Waals surface area contributed by atoms with E-state index in [1.807, 2.05) is 27.7 Å². The van der Waals surface area contributed by atoms with E-state index in [0.717, 1.165) is 5.57 Å². The molecule has 19 heavy (non-hydrogen) atoms. The Hall–Kier alpha value is -1.76. The fourth-order valence-electron chi connectivity index (χ4n) is 1.52. The van der Waals surface area contributed by atoms with Crippen molar-refractivity contribution in [2.24, 2.45) is 5.92 Å². The van der Waals surface area contributed by atoms with Crippen molar-refractivity contribution in [1.29, 1.82) is 5.26 Å². The Morgan fingerprint density at radius 1 is 1.53 bits per heavy atom. The maximum Gasteiger partial charge on any atom is 0.410 e. The van der Waals surface area contributed by atoms with Gasteiger partial charge in [-0.05, 0) is 39.2 Å². The molecule has 0 spiro atoms. The highest BCUT2D eigenvalue weighted by Crippen LogP contribution is 2.19. The maximum atomic E-state index is 11.8. The molecular weight excluding hydrogens is 240 g/mol. The molecule has 4 heteroatoms. The summed E-state index contributed by atoms with van der Waals surface area (Å²) < 4.78 is 5.27. The van der Waals surface area contributed by atoms with E-state index in [9.17, 15) is 4.79 Å². The van der Waals surface area contributed by atoms with E-state index in [2.05, 4.69) is 12.6 Å². The quantitative estimate of drug-likeness (QED) is 0.576. The Morgan fingerprint density at radius 3 is 2.42 bits per heavy atom. The lowest BCUT2D eigenvalue weighted by atomic mass is 9.95. The van der Waals surface area contributed by atoms with Gasteiger partial charge >= 0.3 is 6.09 Å². The minimum absolute atomic E-state index is 0.00312. The van der Waals surface area contributed by atoms with E-state index in [4.69, 9.17) is 10.00 Å². The van der Waals surface area contributed by atoms with E-state index in [-0.39, 0.29) is 12.0 Å². The monoisotopic (exact) mass is 264 g/mol. The van der Waals surface area contributed by atoms with Gasteiger partial charge in [0.25, 0.3) is 0 Å². The van der Waals surface area contributed by atoms with Gasteiger partial charge in [0.2, 0.25) is 0 Å². The van der Waals surface area contributed by atoms with Gasteiger partial charge in [-0.2, -0.15) is 5.26 Å². The number of nitrogens with zero attached hydrogens (tertiary/aromatic N) is 2. The largest absolute Gasteiger partial charge is 0.444 e. The van der Waals surface area contributed by atoms with Gasteiger partial charge in [-0.15, -0.1) is 0 Å². The molecule has 0 rings (SSSR count). The highest BCUT2D eigenvalue weighted by molar-refractivity contribution is 5.67. The highest BCUT2D eigenvalue weighted by Gasteiger charge is 2.22. The van der Waals surface area contributed by atoms with E-state index in [0.29, 0.717) is 12.1 Å². The zero-order valence-corrected chi connectivity index (χ0v) is 12.8. The summed E-state index contributed by atoms with van der Waals surface area (Å²) in [5.41, 5.74) is 0.790. The fourth-order valence-corrected chi connectivity index (χ4v) is 1.52. The molecule has 1 amide bonds. The van der Waals surface area contributed by atoms with E-state index in [1.54, 1.807) is 20.0 Å². The number of rotatable bonds is 4. The molecule has 0 aliphatic rings. The van der Waals surface area contributed by atoms with Crippen molar-refractivity contribution < 1.29 is 9.53 Å². The van der Waals surface area contributed by atoms with Crippen LogP contribution in [0.25, 0.3) is 0 Å². The minimum Gasteiger partial charge on any atom is -0.444 e. The van der Waals surface area contributed by atoms with Crippen LogP contribution >= 0.6 is 0 Å². The third-order valence-electron chi connectivity index (χ3n) is 2.60. The lowest BCUT2D eigenvalue weighted by Gasteiger charge is -2.27. The molecule has 0 aromatic carbocycles. The Morgan fingerprint density at radius 2 is 2.05 bits per heavy atom. The highest BCUT2D eigenvalue weighted by atomic mass is 16.6. The molecule has 0 aliphatic heterocycles. The van der Waals surface area contributed by atoms with Gasteiger partial charge in [0.15, 0.2) is 0 Å². The summed E-state index contributed by atoms with van der Waals surface area (Å²) in [4.78, 5) is 13.3. The molecular formula is C15H24N2O2. The normalized spacial score (nSPS) is 13.4.